The molecule has 0 fully saturated rings. The molecule has 1 aromatic rings. The van der Waals surface area contributed by atoms with Gasteiger partial charge in [0.2, 0.25) is 0 Å². The van der Waals surface area contributed by atoms with Gasteiger partial charge < -0.3 is 24.2 Å². The van der Waals surface area contributed by atoms with Crippen LogP contribution in [0.4, 0.5) is 11.4 Å². The van der Waals surface area contributed by atoms with Crippen molar-refractivity contribution in [1.29, 1.82) is 0 Å². The maximum Gasteiger partial charge on any atom is 0.355 e. The van der Waals surface area contributed by atoms with Crippen molar-refractivity contribution in [2.45, 2.75) is 0 Å². The number of nitrogens with zero attached hydrogens (tertiary/aromatic N) is 2. The van der Waals surface area contributed by atoms with Gasteiger partial charge in [-0.3, -0.25) is 10.1 Å². The normalized spacial score (nSPS) is 14.0. The van der Waals surface area contributed by atoms with Crippen LogP contribution in [-0.2, 0) is 23.8 Å². The highest BCUT2D eigenvalue weighted by Crippen LogP contribution is 2.37. The molecule has 0 unspecified atom stereocenters. The van der Waals surface area contributed by atoms with Gasteiger partial charge in [0.1, 0.15) is 18.1 Å². The summed E-state index contributed by atoms with van der Waals surface area (Å²) in [7, 11) is 2.13. The molecule has 1 aliphatic rings. The lowest BCUT2D eigenvalue weighted by Gasteiger charge is -2.31. The van der Waals surface area contributed by atoms with Gasteiger partial charge in [-0.15, -0.1) is 0 Å². The van der Waals surface area contributed by atoms with Crippen LogP contribution < -0.4 is 4.90 Å². The Labute approximate surface area is 146 Å². The minimum Gasteiger partial charge on any atom is -0.478 e. The summed E-state index contributed by atoms with van der Waals surface area (Å²) in [6, 6.07) is 3.40. The monoisotopic (exact) mass is 366 g/mol. The molecule has 0 amide bonds. The van der Waals surface area contributed by atoms with E-state index in [-0.39, 0.29) is 17.9 Å². The molecule has 11 heteroatoms. The van der Waals surface area contributed by atoms with Crippen molar-refractivity contribution in [2.24, 2.45) is 0 Å². The molecular weight excluding hydrogens is 352 g/mol. The average molecular weight is 366 g/mol. The molecule has 0 spiro atoms. The van der Waals surface area contributed by atoms with Crippen LogP contribution in [0, 0.1) is 10.1 Å². The number of rotatable bonds is 5. The number of hydrogen-bond donors (Lipinski definition) is 1. The molecule has 2 rings (SSSR count). The fourth-order valence-electron chi connectivity index (χ4n) is 2.45. The van der Waals surface area contributed by atoms with Crippen LogP contribution in [0.2, 0.25) is 0 Å². The molecule has 26 heavy (non-hydrogen) atoms. The van der Waals surface area contributed by atoms with E-state index in [9.17, 15) is 29.6 Å². The highest BCUT2D eigenvalue weighted by molar-refractivity contribution is 6.06. The van der Waals surface area contributed by atoms with Crippen LogP contribution >= 0.6 is 0 Å². The summed E-state index contributed by atoms with van der Waals surface area (Å²) < 4.78 is 14.5. The van der Waals surface area contributed by atoms with Gasteiger partial charge in [0.05, 0.1) is 36.9 Å². The SMILES string of the molecule is COC(=O)C1=C(C(=O)OC)N(c2c(C(=O)O)cccc2[N+](=O)[O-])COC1. The molecule has 0 aliphatic carbocycles. The fourth-order valence-corrected chi connectivity index (χ4v) is 2.45. The molecule has 0 aromatic heterocycles. The number of carbonyl (C=O) groups excluding carboxylic acids is 2. The first kappa shape index (κ1) is 18.9. The number of carbonyl (C=O) groups is 3. The van der Waals surface area contributed by atoms with Crippen molar-refractivity contribution in [3.05, 3.63) is 45.1 Å². The third-order valence-corrected chi connectivity index (χ3v) is 3.54. The smallest absolute Gasteiger partial charge is 0.355 e. The molecular formula is C15H14N2O9. The summed E-state index contributed by atoms with van der Waals surface area (Å²) in [5, 5.41) is 20.8. The number of hydrogen-bond acceptors (Lipinski definition) is 9. The second-order valence-corrected chi connectivity index (χ2v) is 4.95. The van der Waals surface area contributed by atoms with E-state index in [1.165, 1.54) is 6.07 Å². The Morgan fingerprint density at radius 2 is 1.88 bits per heavy atom. The van der Waals surface area contributed by atoms with Crippen LogP contribution in [0.15, 0.2) is 29.5 Å². The van der Waals surface area contributed by atoms with Crippen LogP contribution in [0.3, 0.4) is 0 Å². The molecule has 11 nitrogen and oxygen atoms in total. The van der Waals surface area contributed by atoms with Crippen molar-refractivity contribution in [2.75, 3.05) is 32.5 Å². The minimum atomic E-state index is -1.46. The van der Waals surface area contributed by atoms with Gasteiger partial charge in [-0.05, 0) is 6.07 Å². The predicted molar refractivity (Wildman–Crippen MR) is 84.4 cm³/mol. The van der Waals surface area contributed by atoms with E-state index in [0.717, 1.165) is 31.3 Å². The van der Waals surface area contributed by atoms with Crippen molar-refractivity contribution in [1.82, 2.24) is 0 Å². The molecule has 0 atom stereocenters. The van der Waals surface area contributed by atoms with Crippen molar-refractivity contribution in [3.63, 3.8) is 0 Å². The van der Waals surface area contributed by atoms with E-state index in [1.807, 2.05) is 0 Å². The van der Waals surface area contributed by atoms with E-state index in [1.54, 1.807) is 0 Å². The van der Waals surface area contributed by atoms with Crippen LogP contribution in [0.1, 0.15) is 10.4 Å². The Morgan fingerprint density at radius 1 is 1.23 bits per heavy atom. The largest absolute Gasteiger partial charge is 0.478 e. The first-order valence-corrected chi connectivity index (χ1v) is 7.09. The maximum atomic E-state index is 12.2. The van der Waals surface area contributed by atoms with Gasteiger partial charge in [-0.1, -0.05) is 6.07 Å². The van der Waals surface area contributed by atoms with Gasteiger partial charge in [-0.25, -0.2) is 14.4 Å². The molecule has 0 saturated heterocycles. The Morgan fingerprint density at radius 3 is 2.42 bits per heavy atom. The van der Waals surface area contributed by atoms with Crippen LogP contribution in [0.25, 0.3) is 0 Å². The summed E-state index contributed by atoms with van der Waals surface area (Å²) in [5.74, 6) is -3.37. The Kier molecular flexibility index (Phi) is 5.52. The Balaban J connectivity index is 2.80. The number of benzene rings is 1. The van der Waals surface area contributed by atoms with Gasteiger partial charge in [-0.2, -0.15) is 0 Å². The van der Waals surface area contributed by atoms with Gasteiger partial charge in [0.15, 0.2) is 0 Å². The molecule has 1 N–H and O–H groups in total. The van der Waals surface area contributed by atoms with Gasteiger partial charge >= 0.3 is 17.9 Å². The summed E-state index contributed by atoms with van der Waals surface area (Å²) in [6.07, 6.45) is 0. The van der Waals surface area contributed by atoms with E-state index in [4.69, 9.17) is 4.74 Å². The number of carboxylic acid groups (broad SMARTS) is 1. The van der Waals surface area contributed by atoms with Crippen LogP contribution in [0.5, 0.6) is 0 Å². The van der Waals surface area contributed by atoms with Crippen molar-refractivity contribution in [3.8, 4) is 0 Å². The first-order valence-electron chi connectivity index (χ1n) is 7.09. The van der Waals surface area contributed by atoms with E-state index >= 15 is 0 Å². The lowest BCUT2D eigenvalue weighted by atomic mass is 10.1. The maximum absolute atomic E-state index is 12.2. The third-order valence-electron chi connectivity index (χ3n) is 3.54. The molecule has 1 aromatic carbocycles. The summed E-state index contributed by atoms with van der Waals surface area (Å²) in [4.78, 5) is 47.2. The van der Waals surface area contributed by atoms with E-state index in [2.05, 4.69) is 9.47 Å². The average Bonchev–Trinajstić information content (AvgIpc) is 2.65. The minimum absolute atomic E-state index is 0.250. The molecule has 0 radical (unpaired) electrons. The lowest BCUT2D eigenvalue weighted by molar-refractivity contribution is -0.384. The van der Waals surface area contributed by atoms with E-state index in [0.29, 0.717) is 0 Å². The summed E-state index contributed by atoms with van der Waals surface area (Å²) >= 11 is 0. The first-order chi connectivity index (χ1) is 12.3. The molecule has 1 aliphatic heterocycles. The number of ether oxygens (including phenoxy) is 3. The zero-order valence-corrected chi connectivity index (χ0v) is 13.8. The summed E-state index contributed by atoms with van der Waals surface area (Å²) in [5.41, 5.74) is -2.08. The number of para-hydroxylation sites is 1. The number of nitro benzene ring substituents is 1. The number of nitro groups is 1. The van der Waals surface area contributed by atoms with E-state index < -0.39 is 46.5 Å². The zero-order valence-electron chi connectivity index (χ0n) is 13.8. The number of aromatic carboxylic acids is 1. The highest BCUT2D eigenvalue weighted by atomic mass is 16.6. The number of esters is 2. The second-order valence-electron chi connectivity index (χ2n) is 4.95. The zero-order chi connectivity index (χ0) is 19.4. The summed E-state index contributed by atoms with van der Waals surface area (Å²) in [6.45, 7) is -0.716. The molecule has 138 valence electrons. The highest BCUT2D eigenvalue weighted by Gasteiger charge is 2.37. The van der Waals surface area contributed by atoms with Crippen molar-refractivity contribution < 1.29 is 38.6 Å². The van der Waals surface area contributed by atoms with Crippen LogP contribution in [-0.4, -0.2) is 55.5 Å². The second kappa shape index (κ2) is 7.61. The number of anilines is 1. The van der Waals surface area contributed by atoms with Gasteiger partial charge in [0, 0.05) is 6.07 Å². The standard InChI is InChI=1S/C15H14N2O9/c1-24-14(20)9-6-26-7-16(12(9)15(21)25-2)11-8(13(18)19)4-3-5-10(11)17(22)23/h3-5H,6-7H2,1-2H3,(H,18,19). The lowest BCUT2D eigenvalue weighted by Crippen LogP contribution is -2.39. The number of methoxy groups -OCH3 is 2. The Bertz CT molecular complexity index is 783. The third kappa shape index (κ3) is 3.32. The quantitative estimate of drug-likeness (QED) is 0.448. The van der Waals surface area contributed by atoms with Gasteiger partial charge in [0.25, 0.3) is 5.69 Å². The molecule has 0 bridgehead atoms. The molecule has 0 saturated carbocycles. The Hall–Kier alpha value is -3.47. The fraction of sp³-hybridized carbons (Fsp3) is 0.267. The topological polar surface area (TPSA) is 146 Å². The molecule has 1 heterocycles. The predicted octanol–water partition coefficient (Wildman–Crippen LogP) is 0.687. The number of carboxylic acids is 1. The van der Waals surface area contributed by atoms with Crippen molar-refractivity contribution >= 4 is 29.3 Å².